The number of hydrogen-bond donors (Lipinski definition) is 1. The van der Waals surface area contributed by atoms with Gasteiger partial charge >= 0.3 is 5.97 Å². The van der Waals surface area contributed by atoms with E-state index in [-0.39, 0.29) is 6.42 Å². The van der Waals surface area contributed by atoms with E-state index in [9.17, 15) is 4.79 Å². The summed E-state index contributed by atoms with van der Waals surface area (Å²) in [7, 11) is 0. The number of rotatable bonds is 7. The minimum atomic E-state index is -0.746. The molecule has 0 aliphatic heterocycles. The highest BCUT2D eigenvalue weighted by Crippen LogP contribution is 2.17. The second kappa shape index (κ2) is 7.69. The van der Waals surface area contributed by atoms with E-state index in [0.29, 0.717) is 24.1 Å². The van der Waals surface area contributed by atoms with Crippen molar-refractivity contribution in [2.45, 2.75) is 25.7 Å². The summed E-state index contributed by atoms with van der Waals surface area (Å²) in [6, 6.07) is 0. The zero-order chi connectivity index (χ0) is 9.40. The minimum Gasteiger partial charge on any atom is -0.481 e. The predicted molar refractivity (Wildman–Crippen MR) is 51.0 cm³/mol. The molecule has 0 aromatic carbocycles. The van der Waals surface area contributed by atoms with Gasteiger partial charge in [-0.15, -0.1) is 23.2 Å². The molecule has 12 heavy (non-hydrogen) atoms. The van der Waals surface area contributed by atoms with Crippen LogP contribution in [-0.2, 0) is 4.79 Å². The molecule has 0 aromatic rings. The van der Waals surface area contributed by atoms with Crippen molar-refractivity contribution in [2.75, 3.05) is 11.8 Å². The molecule has 0 rings (SSSR count). The van der Waals surface area contributed by atoms with Crippen molar-refractivity contribution >= 4 is 29.2 Å². The van der Waals surface area contributed by atoms with Gasteiger partial charge in [-0.1, -0.05) is 0 Å². The number of carboxylic acid groups (broad SMARTS) is 1. The van der Waals surface area contributed by atoms with Gasteiger partial charge in [0.15, 0.2) is 0 Å². The number of hydrogen-bond acceptors (Lipinski definition) is 1. The second-order valence-electron chi connectivity index (χ2n) is 2.75. The Morgan fingerprint density at radius 2 is 1.67 bits per heavy atom. The lowest BCUT2D eigenvalue weighted by atomic mass is 9.98. The van der Waals surface area contributed by atoms with Crippen molar-refractivity contribution in [1.29, 1.82) is 0 Å². The zero-order valence-corrected chi connectivity index (χ0v) is 8.44. The van der Waals surface area contributed by atoms with Crippen LogP contribution in [0.4, 0.5) is 0 Å². The third-order valence-electron chi connectivity index (χ3n) is 1.80. The van der Waals surface area contributed by atoms with Gasteiger partial charge in [-0.3, -0.25) is 4.79 Å². The lowest BCUT2D eigenvalue weighted by Gasteiger charge is -2.11. The average Bonchev–Trinajstić information content (AvgIpc) is 2.01. The van der Waals surface area contributed by atoms with E-state index in [1.165, 1.54) is 0 Å². The lowest BCUT2D eigenvalue weighted by Crippen LogP contribution is -2.06. The van der Waals surface area contributed by atoms with Crippen molar-refractivity contribution in [2.24, 2.45) is 5.92 Å². The standard InChI is InChI=1S/C8H14Cl2O2/c9-5-3-7(4-6-10)1-2-8(11)12/h7H,1-6H2,(H,11,12). The number of alkyl halides is 2. The van der Waals surface area contributed by atoms with Crippen molar-refractivity contribution in [3.8, 4) is 0 Å². The molecule has 2 nitrogen and oxygen atoms in total. The summed E-state index contributed by atoms with van der Waals surface area (Å²) >= 11 is 11.1. The summed E-state index contributed by atoms with van der Waals surface area (Å²) in [4.78, 5) is 10.2. The Labute approximate surface area is 82.9 Å². The molecule has 0 radical (unpaired) electrons. The van der Waals surface area contributed by atoms with E-state index in [4.69, 9.17) is 28.3 Å². The fraction of sp³-hybridized carbons (Fsp3) is 0.875. The maximum absolute atomic E-state index is 10.2. The van der Waals surface area contributed by atoms with E-state index in [0.717, 1.165) is 12.8 Å². The number of carbonyl (C=O) groups is 1. The highest BCUT2D eigenvalue weighted by Gasteiger charge is 2.09. The largest absolute Gasteiger partial charge is 0.481 e. The third-order valence-corrected chi connectivity index (χ3v) is 2.24. The van der Waals surface area contributed by atoms with E-state index < -0.39 is 5.97 Å². The highest BCUT2D eigenvalue weighted by atomic mass is 35.5. The van der Waals surface area contributed by atoms with Crippen LogP contribution in [0.5, 0.6) is 0 Å². The molecule has 0 amide bonds. The van der Waals surface area contributed by atoms with Crippen molar-refractivity contribution in [3.05, 3.63) is 0 Å². The van der Waals surface area contributed by atoms with Crippen LogP contribution in [0.15, 0.2) is 0 Å². The van der Waals surface area contributed by atoms with Crippen molar-refractivity contribution in [3.63, 3.8) is 0 Å². The first-order chi connectivity index (χ1) is 5.70. The summed E-state index contributed by atoms with van der Waals surface area (Å²) in [5.74, 6) is 0.794. The van der Waals surface area contributed by atoms with Gasteiger partial charge in [-0.05, 0) is 25.2 Å². The van der Waals surface area contributed by atoms with Crippen LogP contribution in [0.25, 0.3) is 0 Å². The Morgan fingerprint density at radius 3 is 2.00 bits per heavy atom. The van der Waals surface area contributed by atoms with Crippen LogP contribution in [-0.4, -0.2) is 22.8 Å². The van der Waals surface area contributed by atoms with E-state index >= 15 is 0 Å². The van der Waals surface area contributed by atoms with E-state index in [1.807, 2.05) is 0 Å². The summed E-state index contributed by atoms with van der Waals surface area (Å²) in [5, 5.41) is 8.43. The second-order valence-corrected chi connectivity index (χ2v) is 3.51. The predicted octanol–water partition coefficient (Wildman–Crippen LogP) is 2.73. The minimum absolute atomic E-state index is 0.221. The van der Waals surface area contributed by atoms with Crippen LogP contribution in [0.2, 0.25) is 0 Å². The van der Waals surface area contributed by atoms with Crippen LogP contribution in [0, 0.1) is 5.92 Å². The molecule has 0 bridgehead atoms. The Morgan fingerprint density at radius 1 is 1.17 bits per heavy atom. The van der Waals surface area contributed by atoms with Crippen molar-refractivity contribution < 1.29 is 9.90 Å². The molecule has 0 aromatic heterocycles. The molecular weight excluding hydrogens is 199 g/mol. The molecule has 4 heteroatoms. The molecule has 72 valence electrons. The van der Waals surface area contributed by atoms with Gasteiger partial charge in [0, 0.05) is 18.2 Å². The molecule has 1 N–H and O–H groups in total. The van der Waals surface area contributed by atoms with Gasteiger partial charge in [-0.2, -0.15) is 0 Å². The Bertz CT molecular complexity index is 122. The molecule has 0 spiro atoms. The highest BCUT2D eigenvalue weighted by molar-refractivity contribution is 6.18. The molecule has 0 aliphatic carbocycles. The molecule has 0 saturated carbocycles. The third kappa shape index (κ3) is 6.74. The Hall–Kier alpha value is 0.0500. The SMILES string of the molecule is O=C(O)CCC(CCCl)CCCl. The molecular formula is C8H14Cl2O2. The van der Waals surface area contributed by atoms with Crippen LogP contribution >= 0.6 is 23.2 Å². The summed E-state index contributed by atoms with van der Waals surface area (Å²) in [5.41, 5.74) is 0. The van der Waals surface area contributed by atoms with Crippen molar-refractivity contribution in [1.82, 2.24) is 0 Å². The lowest BCUT2D eigenvalue weighted by molar-refractivity contribution is -0.137. The van der Waals surface area contributed by atoms with Gasteiger partial charge in [0.2, 0.25) is 0 Å². The molecule has 0 saturated heterocycles. The van der Waals surface area contributed by atoms with Crippen LogP contribution < -0.4 is 0 Å². The van der Waals surface area contributed by atoms with Gasteiger partial charge in [0.05, 0.1) is 0 Å². The van der Waals surface area contributed by atoms with E-state index in [1.54, 1.807) is 0 Å². The number of carboxylic acids is 1. The maximum atomic E-state index is 10.2. The van der Waals surface area contributed by atoms with Crippen LogP contribution in [0.3, 0.4) is 0 Å². The topological polar surface area (TPSA) is 37.3 Å². The Kier molecular flexibility index (Phi) is 7.72. The number of aliphatic carboxylic acids is 1. The monoisotopic (exact) mass is 212 g/mol. The van der Waals surface area contributed by atoms with Gasteiger partial charge in [-0.25, -0.2) is 0 Å². The van der Waals surface area contributed by atoms with Crippen LogP contribution in [0.1, 0.15) is 25.7 Å². The normalized spacial score (nSPS) is 10.6. The summed E-state index contributed by atoms with van der Waals surface area (Å²) in [6.07, 6.45) is 2.64. The number of halogens is 2. The fourth-order valence-corrected chi connectivity index (χ4v) is 1.69. The first-order valence-corrected chi connectivity index (χ1v) is 5.11. The van der Waals surface area contributed by atoms with E-state index in [2.05, 4.69) is 0 Å². The molecule has 0 aliphatic rings. The maximum Gasteiger partial charge on any atom is 0.303 e. The van der Waals surface area contributed by atoms with Gasteiger partial charge in [0.25, 0.3) is 0 Å². The molecule has 0 fully saturated rings. The molecule has 0 heterocycles. The first kappa shape index (κ1) is 12.0. The Balaban J connectivity index is 3.54. The fourth-order valence-electron chi connectivity index (χ4n) is 1.07. The smallest absolute Gasteiger partial charge is 0.303 e. The zero-order valence-electron chi connectivity index (χ0n) is 6.93. The molecule has 0 unspecified atom stereocenters. The summed E-state index contributed by atoms with van der Waals surface area (Å²) < 4.78 is 0. The average molecular weight is 213 g/mol. The quantitative estimate of drug-likeness (QED) is 0.660. The molecule has 0 atom stereocenters. The van der Waals surface area contributed by atoms with Gasteiger partial charge in [0.1, 0.15) is 0 Å². The van der Waals surface area contributed by atoms with Gasteiger partial charge < -0.3 is 5.11 Å². The summed E-state index contributed by atoms with van der Waals surface area (Å²) in [6.45, 7) is 0. The first-order valence-electron chi connectivity index (χ1n) is 4.04.